The van der Waals surface area contributed by atoms with E-state index in [9.17, 15) is 0 Å². The molecule has 2 heterocycles. The van der Waals surface area contributed by atoms with Gasteiger partial charge in [-0.05, 0) is 12.1 Å². The van der Waals surface area contributed by atoms with E-state index in [4.69, 9.17) is 5.26 Å². The van der Waals surface area contributed by atoms with Crippen molar-refractivity contribution in [1.29, 1.82) is 5.26 Å². The molecule has 2 aromatic heterocycles. The van der Waals surface area contributed by atoms with Crippen LogP contribution < -0.4 is 10.6 Å². The van der Waals surface area contributed by atoms with Crippen LogP contribution in [-0.2, 0) is 12.0 Å². The summed E-state index contributed by atoms with van der Waals surface area (Å²) in [7, 11) is 0. The summed E-state index contributed by atoms with van der Waals surface area (Å²) in [5, 5.41) is 18.8. The van der Waals surface area contributed by atoms with E-state index in [0.29, 0.717) is 17.9 Å². The Kier molecular flexibility index (Phi) is 5.47. The van der Waals surface area contributed by atoms with Crippen LogP contribution in [0.25, 0.3) is 0 Å². The first-order valence-corrected chi connectivity index (χ1v) is 8.13. The molecule has 0 aliphatic rings. The molecule has 0 aromatic carbocycles. The Morgan fingerprint density at radius 3 is 2.82 bits per heavy atom. The Morgan fingerprint density at radius 1 is 1.32 bits per heavy atom. The molecule has 0 spiro atoms. The van der Waals surface area contributed by atoms with Gasteiger partial charge in [-0.2, -0.15) is 5.26 Å². The molecule has 5 nitrogen and oxygen atoms in total. The first kappa shape index (κ1) is 16.4. The van der Waals surface area contributed by atoms with Crippen molar-refractivity contribution in [1.82, 2.24) is 15.3 Å². The van der Waals surface area contributed by atoms with Crippen molar-refractivity contribution in [2.45, 2.75) is 32.7 Å². The minimum absolute atomic E-state index is 0.108. The van der Waals surface area contributed by atoms with Gasteiger partial charge in [0, 0.05) is 36.6 Å². The lowest BCUT2D eigenvalue weighted by Gasteiger charge is -2.13. The van der Waals surface area contributed by atoms with Gasteiger partial charge in [-0.3, -0.25) is 0 Å². The van der Waals surface area contributed by atoms with Crippen LogP contribution >= 0.6 is 11.3 Å². The summed E-state index contributed by atoms with van der Waals surface area (Å²) in [5.41, 5.74) is 1.75. The molecule has 2 rings (SSSR count). The maximum Gasteiger partial charge on any atom is 0.143 e. The molecule has 2 aromatic rings. The smallest absolute Gasteiger partial charge is 0.143 e. The van der Waals surface area contributed by atoms with E-state index in [1.54, 1.807) is 29.7 Å². The first-order valence-electron chi connectivity index (χ1n) is 7.25. The molecule has 0 saturated heterocycles. The molecule has 0 aliphatic carbocycles. The number of rotatable bonds is 6. The average Bonchev–Trinajstić information content (AvgIpc) is 2.96. The standard InChI is InChI=1S/C16H21N5S/c1-16(2,3)15-21-13(11-22-15)10-18-7-8-20-14-12(9-17)5-4-6-19-14/h4-6,11,18H,7-8,10H2,1-3H3,(H,19,20). The second-order valence-electron chi connectivity index (χ2n) is 6.01. The molecule has 22 heavy (non-hydrogen) atoms. The zero-order valence-electron chi connectivity index (χ0n) is 13.2. The Balaban J connectivity index is 1.74. The van der Waals surface area contributed by atoms with E-state index in [1.165, 1.54) is 0 Å². The highest BCUT2D eigenvalue weighted by Gasteiger charge is 2.17. The van der Waals surface area contributed by atoms with Crippen LogP contribution in [0, 0.1) is 11.3 Å². The first-order chi connectivity index (χ1) is 10.5. The van der Waals surface area contributed by atoms with Crippen LogP contribution in [0.1, 0.15) is 37.0 Å². The van der Waals surface area contributed by atoms with Crippen LogP contribution in [0.2, 0.25) is 0 Å². The highest BCUT2D eigenvalue weighted by molar-refractivity contribution is 7.09. The third kappa shape index (κ3) is 4.52. The number of thiazole rings is 1. The Morgan fingerprint density at radius 2 is 2.14 bits per heavy atom. The quantitative estimate of drug-likeness (QED) is 0.802. The second-order valence-corrected chi connectivity index (χ2v) is 6.87. The van der Waals surface area contributed by atoms with Gasteiger partial charge in [0.1, 0.15) is 11.9 Å². The summed E-state index contributed by atoms with van der Waals surface area (Å²) < 4.78 is 0. The van der Waals surface area contributed by atoms with Crippen molar-refractivity contribution < 1.29 is 0 Å². The highest BCUT2D eigenvalue weighted by atomic mass is 32.1. The van der Waals surface area contributed by atoms with E-state index in [2.05, 4.69) is 52.8 Å². The number of pyridine rings is 1. The predicted molar refractivity (Wildman–Crippen MR) is 90.0 cm³/mol. The van der Waals surface area contributed by atoms with E-state index in [0.717, 1.165) is 23.8 Å². The molecule has 0 saturated carbocycles. The van der Waals surface area contributed by atoms with Gasteiger partial charge in [-0.15, -0.1) is 11.3 Å². The number of nitrogens with one attached hydrogen (secondary N) is 2. The van der Waals surface area contributed by atoms with Gasteiger partial charge in [0.15, 0.2) is 0 Å². The molecule has 6 heteroatoms. The van der Waals surface area contributed by atoms with Crippen molar-refractivity contribution in [2.75, 3.05) is 18.4 Å². The van der Waals surface area contributed by atoms with Crippen LogP contribution in [0.4, 0.5) is 5.82 Å². The number of aromatic nitrogens is 2. The van der Waals surface area contributed by atoms with Crippen LogP contribution in [0.3, 0.4) is 0 Å². The van der Waals surface area contributed by atoms with Crippen LogP contribution in [-0.4, -0.2) is 23.1 Å². The van der Waals surface area contributed by atoms with Gasteiger partial charge in [0.05, 0.1) is 16.3 Å². The molecule has 0 amide bonds. The zero-order chi connectivity index (χ0) is 16.0. The number of hydrogen-bond donors (Lipinski definition) is 2. The van der Waals surface area contributed by atoms with Gasteiger partial charge in [-0.25, -0.2) is 9.97 Å². The summed E-state index contributed by atoms with van der Waals surface area (Å²) in [4.78, 5) is 8.81. The van der Waals surface area contributed by atoms with Gasteiger partial charge < -0.3 is 10.6 Å². The van der Waals surface area contributed by atoms with Gasteiger partial charge in [-0.1, -0.05) is 20.8 Å². The van der Waals surface area contributed by atoms with Gasteiger partial charge in [0.2, 0.25) is 0 Å². The highest BCUT2D eigenvalue weighted by Crippen LogP contribution is 2.25. The average molecular weight is 315 g/mol. The van der Waals surface area contributed by atoms with E-state index < -0.39 is 0 Å². The molecule has 0 radical (unpaired) electrons. The second kappa shape index (κ2) is 7.34. The van der Waals surface area contributed by atoms with Crippen LogP contribution in [0.15, 0.2) is 23.7 Å². The maximum atomic E-state index is 8.99. The fourth-order valence-electron chi connectivity index (χ4n) is 1.85. The lowest BCUT2D eigenvalue weighted by atomic mass is 9.98. The van der Waals surface area contributed by atoms with Gasteiger partial charge >= 0.3 is 0 Å². The summed E-state index contributed by atoms with van der Waals surface area (Å²) in [5.74, 6) is 0.635. The number of nitriles is 1. The SMILES string of the molecule is CC(C)(C)c1nc(CNCCNc2ncccc2C#N)cs1. The van der Waals surface area contributed by atoms with Crippen molar-refractivity contribution in [3.63, 3.8) is 0 Å². The summed E-state index contributed by atoms with van der Waals surface area (Å²) >= 11 is 1.71. The molecule has 0 unspecified atom stereocenters. The fraction of sp³-hybridized carbons (Fsp3) is 0.438. The topological polar surface area (TPSA) is 73.6 Å². The predicted octanol–water partition coefficient (Wildman–Crippen LogP) is 2.91. The molecule has 0 aliphatic heterocycles. The minimum atomic E-state index is 0.108. The summed E-state index contributed by atoms with van der Waals surface area (Å²) in [6.45, 7) is 8.76. The van der Waals surface area contributed by atoms with Gasteiger partial charge in [0.25, 0.3) is 0 Å². The van der Waals surface area contributed by atoms with Crippen molar-refractivity contribution in [2.24, 2.45) is 0 Å². The third-order valence-electron chi connectivity index (χ3n) is 3.02. The number of nitrogens with zero attached hydrogens (tertiary/aromatic N) is 3. The van der Waals surface area contributed by atoms with Crippen molar-refractivity contribution >= 4 is 17.2 Å². The number of anilines is 1. The largest absolute Gasteiger partial charge is 0.368 e. The Labute approximate surface area is 135 Å². The molecule has 2 N–H and O–H groups in total. The maximum absolute atomic E-state index is 8.99. The van der Waals surface area contributed by atoms with E-state index in [-0.39, 0.29) is 5.41 Å². The molecule has 0 fully saturated rings. The van der Waals surface area contributed by atoms with E-state index in [1.807, 2.05) is 0 Å². The molecular weight excluding hydrogens is 294 g/mol. The summed E-state index contributed by atoms with van der Waals surface area (Å²) in [6, 6.07) is 5.64. The summed E-state index contributed by atoms with van der Waals surface area (Å²) in [6.07, 6.45) is 1.68. The minimum Gasteiger partial charge on any atom is -0.368 e. The molecular formula is C16H21N5S. The molecule has 0 bridgehead atoms. The number of hydrogen-bond acceptors (Lipinski definition) is 6. The van der Waals surface area contributed by atoms with E-state index >= 15 is 0 Å². The third-order valence-corrected chi connectivity index (χ3v) is 4.34. The molecule has 116 valence electrons. The van der Waals surface area contributed by atoms with Crippen molar-refractivity contribution in [3.05, 3.63) is 40.0 Å². The lowest BCUT2D eigenvalue weighted by Crippen LogP contribution is -2.22. The van der Waals surface area contributed by atoms with Crippen LogP contribution in [0.5, 0.6) is 0 Å². The fourth-order valence-corrected chi connectivity index (χ4v) is 2.76. The van der Waals surface area contributed by atoms with Crippen molar-refractivity contribution in [3.8, 4) is 6.07 Å². The molecule has 0 atom stereocenters. The zero-order valence-corrected chi connectivity index (χ0v) is 14.0. The Hall–Kier alpha value is -1.97. The normalized spacial score (nSPS) is 11.2. The Bertz CT molecular complexity index is 651. The monoisotopic (exact) mass is 315 g/mol. The lowest BCUT2D eigenvalue weighted by molar-refractivity contribution is 0.580.